The molecule has 0 aliphatic carbocycles. The number of rotatable bonds is 4. The molecule has 0 saturated carbocycles. The average Bonchev–Trinajstić information content (AvgIpc) is 2.83. The molecule has 1 saturated heterocycles. The maximum absolute atomic E-state index is 12.1. The van der Waals surface area contributed by atoms with Crippen LogP contribution >= 0.6 is 11.8 Å². The standard InChI is InChI=1S/C15H17N3O3S/c19-13(6-5-11-14(20)18-15(21)17-11)16-10-7-8-22-12-4-2-1-3-9(10)12/h1-4,10-11H,5-8H2,(H,16,19)(H2,17,18,20,21)/t10-,11-/m0/s1. The Hall–Kier alpha value is -2.02. The van der Waals surface area contributed by atoms with Crippen LogP contribution in [0.1, 0.15) is 30.9 Å². The van der Waals surface area contributed by atoms with Crippen molar-refractivity contribution < 1.29 is 14.4 Å². The van der Waals surface area contributed by atoms with E-state index in [-0.39, 0.29) is 24.3 Å². The minimum absolute atomic E-state index is 0.0249. The molecule has 2 aliphatic rings. The fourth-order valence-corrected chi connectivity index (χ4v) is 3.82. The van der Waals surface area contributed by atoms with Crippen LogP contribution in [0.4, 0.5) is 4.79 Å². The molecule has 116 valence electrons. The molecule has 0 spiro atoms. The van der Waals surface area contributed by atoms with Gasteiger partial charge in [-0.25, -0.2) is 4.79 Å². The minimum Gasteiger partial charge on any atom is -0.349 e. The van der Waals surface area contributed by atoms with Crippen LogP contribution in [0, 0.1) is 0 Å². The first kappa shape index (κ1) is 14.9. The summed E-state index contributed by atoms with van der Waals surface area (Å²) >= 11 is 1.80. The van der Waals surface area contributed by atoms with Crippen LogP contribution < -0.4 is 16.0 Å². The maximum atomic E-state index is 12.1. The Bertz CT molecular complexity index is 620. The Morgan fingerprint density at radius 3 is 2.91 bits per heavy atom. The van der Waals surface area contributed by atoms with Crippen molar-refractivity contribution in [3.63, 3.8) is 0 Å². The SMILES string of the molecule is O=C(CC[C@@H]1NC(=O)NC1=O)N[C@H]1CCSc2ccccc21. The first-order valence-electron chi connectivity index (χ1n) is 7.26. The average molecular weight is 319 g/mol. The predicted octanol–water partition coefficient (Wildman–Crippen LogP) is 1.33. The third-order valence-corrected chi connectivity index (χ3v) is 4.93. The van der Waals surface area contributed by atoms with Gasteiger partial charge >= 0.3 is 6.03 Å². The van der Waals surface area contributed by atoms with E-state index in [0.29, 0.717) is 6.42 Å². The molecular weight excluding hydrogens is 302 g/mol. The Kier molecular flexibility index (Phi) is 4.33. The monoisotopic (exact) mass is 319 g/mol. The van der Waals surface area contributed by atoms with E-state index < -0.39 is 12.1 Å². The molecule has 2 aliphatic heterocycles. The molecule has 0 bridgehead atoms. The number of urea groups is 1. The van der Waals surface area contributed by atoms with Crippen LogP contribution in [0.15, 0.2) is 29.2 Å². The van der Waals surface area contributed by atoms with Crippen molar-refractivity contribution in [2.75, 3.05) is 5.75 Å². The quantitative estimate of drug-likeness (QED) is 0.731. The molecule has 1 fully saturated rings. The van der Waals surface area contributed by atoms with Crippen LogP contribution in [0.25, 0.3) is 0 Å². The summed E-state index contributed by atoms with van der Waals surface area (Å²) in [4.78, 5) is 35.8. The number of hydrogen-bond acceptors (Lipinski definition) is 4. The van der Waals surface area contributed by atoms with Gasteiger partial charge in [-0.3, -0.25) is 14.9 Å². The molecule has 3 rings (SSSR count). The summed E-state index contributed by atoms with van der Waals surface area (Å²) in [5.41, 5.74) is 1.15. The summed E-state index contributed by atoms with van der Waals surface area (Å²) in [6.45, 7) is 0. The number of fused-ring (bicyclic) bond motifs is 1. The summed E-state index contributed by atoms with van der Waals surface area (Å²) in [5, 5.41) is 7.69. The lowest BCUT2D eigenvalue weighted by Crippen LogP contribution is -2.34. The van der Waals surface area contributed by atoms with Crippen LogP contribution in [0.3, 0.4) is 0 Å². The fourth-order valence-electron chi connectivity index (χ4n) is 2.70. The Labute approximate surface area is 132 Å². The van der Waals surface area contributed by atoms with Crippen molar-refractivity contribution in [2.24, 2.45) is 0 Å². The van der Waals surface area contributed by atoms with Gasteiger partial charge in [-0.15, -0.1) is 11.8 Å². The molecular formula is C15H17N3O3S. The van der Waals surface area contributed by atoms with Gasteiger partial charge < -0.3 is 10.6 Å². The normalized spacial score (nSPS) is 23.5. The van der Waals surface area contributed by atoms with E-state index in [1.807, 2.05) is 18.2 Å². The van der Waals surface area contributed by atoms with Crippen LogP contribution in [-0.4, -0.2) is 29.6 Å². The number of carbonyl (C=O) groups excluding carboxylic acids is 3. The molecule has 2 atom stereocenters. The van der Waals surface area contributed by atoms with Gasteiger partial charge in [0.25, 0.3) is 5.91 Å². The molecule has 6 nitrogen and oxygen atoms in total. The second kappa shape index (κ2) is 6.39. The number of nitrogens with one attached hydrogen (secondary N) is 3. The fraction of sp³-hybridized carbons (Fsp3) is 0.400. The zero-order chi connectivity index (χ0) is 15.5. The molecule has 0 radical (unpaired) electrons. The van der Waals surface area contributed by atoms with E-state index >= 15 is 0 Å². The second-order valence-electron chi connectivity index (χ2n) is 5.35. The van der Waals surface area contributed by atoms with E-state index in [0.717, 1.165) is 17.7 Å². The van der Waals surface area contributed by atoms with Crippen molar-refractivity contribution in [3.8, 4) is 0 Å². The number of imide groups is 1. The van der Waals surface area contributed by atoms with Gasteiger partial charge in [-0.1, -0.05) is 18.2 Å². The third kappa shape index (κ3) is 3.24. The highest BCUT2D eigenvalue weighted by Crippen LogP contribution is 2.35. The summed E-state index contributed by atoms with van der Waals surface area (Å²) in [5.74, 6) is 0.515. The van der Waals surface area contributed by atoms with Crippen molar-refractivity contribution >= 4 is 29.6 Å². The lowest BCUT2D eigenvalue weighted by molar-refractivity contribution is -0.122. The van der Waals surface area contributed by atoms with E-state index in [1.54, 1.807) is 11.8 Å². The molecule has 1 aromatic rings. The Balaban J connectivity index is 1.54. The van der Waals surface area contributed by atoms with Gasteiger partial charge in [0.15, 0.2) is 0 Å². The first-order valence-corrected chi connectivity index (χ1v) is 8.24. The molecule has 3 N–H and O–H groups in total. The smallest absolute Gasteiger partial charge is 0.322 e. The Morgan fingerprint density at radius 1 is 1.32 bits per heavy atom. The van der Waals surface area contributed by atoms with Gasteiger partial charge in [0.2, 0.25) is 5.91 Å². The zero-order valence-electron chi connectivity index (χ0n) is 11.9. The van der Waals surface area contributed by atoms with Crippen molar-refractivity contribution in [2.45, 2.75) is 36.2 Å². The predicted molar refractivity (Wildman–Crippen MR) is 82.4 cm³/mol. The van der Waals surface area contributed by atoms with E-state index in [9.17, 15) is 14.4 Å². The number of thioether (sulfide) groups is 1. The highest BCUT2D eigenvalue weighted by molar-refractivity contribution is 7.99. The van der Waals surface area contributed by atoms with E-state index in [1.165, 1.54) is 4.90 Å². The highest BCUT2D eigenvalue weighted by Gasteiger charge is 2.30. The molecule has 0 unspecified atom stereocenters. The van der Waals surface area contributed by atoms with Crippen molar-refractivity contribution in [3.05, 3.63) is 29.8 Å². The van der Waals surface area contributed by atoms with E-state index in [2.05, 4.69) is 22.0 Å². The number of amides is 4. The molecule has 4 amide bonds. The first-order chi connectivity index (χ1) is 10.6. The van der Waals surface area contributed by atoms with Crippen LogP contribution in [0.2, 0.25) is 0 Å². The van der Waals surface area contributed by atoms with Gasteiger partial charge in [0.1, 0.15) is 6.04 Å². The Morgan fingerprint density at radius 2 is 2.14 bits per heavy atom. The van der Waals surface area contributed by atoms with E-state index in [4.69, 9.17) is 0 Å². The molecule has 7 heteroatoms. The van der Waals surface area contributed by atoms with Crippen LogP contribution in [-0.2, 0) is 9.59 Å². The highest BCUT2D eigenvalue weighted by atomic mass is 32.2. The third-order valence-electron chi connectivity index (χ3n) is 3.81. The second-order valence-corrected chi connectivity index (χ2v) is 6.49. The maximum Gasteiger partial charge on any atom is 0.322 e. The van der Waals surface area contributed by atoms with Gasteiger partial charge in [0.05, 0.1) is 6.04 Å². The topological polar surface area (TPSA) is 87.3 Å². The van der Waals surface area contributed by atoms with Crippen LogP contribution in [0.5, 0.6) is 0 Å². The minimum atomic E-state index is -0.604. The summed E-state index contributed by atoms with van der Waals surface area (Å²) in [7, 11) is 0. The zero-order valence-corrected chi connectivity index (χ0v) is 12.7. The van der Waals surface area contributed by atoms with Crippen molar-refractivity contribution in [1.29, 1.82) is 0 Å². The molecule has 1 aromatic carbocycles. The summed E-state index contributed by atoms with van der Waals surface area (Å²) in [6, 6.07) is 7.01. The lowest BCUT2D eigenvalue weighted by atomic mass is 10.0. The number of carbonyl (C=O) groups is 3. The van der Waals surface area contributed by atoms with Crippen molar-refractivity contribution in [1.82, 2.24) is 16.0 Å². The number of benzene rings is 1. The molecule has 2 heterocycles. The van der Waals surface area contributed by atoms with Gasteiger partial charge in [-0.2, -0.15) is 0 Å². The molecule has 22 heavy (non-hydrogen) atoms. The largest absolute Gasteiger partial charge is 0.349 e. The lowest BCUT2D eigenvalue weighted by Gasteiger charge is -2.26. The van der Waals surface area contributed by atoms with Gasteiger partial charge in [-0.05, 0) is 24.5 Å². The summed E-state index contributed by atoms with van der Waals surface area (Å²) < 4.78 is 0. The summed E-state index contributed by atoms with van der Waals surface area (Å²) in [6.07, 6.45) is 1.42. The molecule has 0 aromatic heterocycles. The number of hydrogen-bond donors (Lipinski definition) is 3. The van der Waals surface area contributed by atoms with Gasteiger partial charge in [0, 0.05) is 17.1 Å².